The molecular formula is C18H22ClFN4O2. The topological polar surface area (TPSA) is 71.3 Å². The van der Waals surface area contributed by atoms with Crippen molar-refractivity contribution in [2.24, 2.45) is 0 Å². The second kappa shape index (κ2) is 8.14. The highest BCUT2D eigenvalue weighted by Gasteiger charge is 2.26. The van der Waals surface area contributed by atoms with E-state index in [4.69, 9.17) is 16.0 Å². The van der Waals surface area contributed by atoms with Gasteiger partial charge in [-0.3, -0.25) is 9.69 Å². The Morgan fingerprint density at radius 2 is 2.12 bits per heavy atom. The van der Waals surface area contributed by atoms with Crippen LogP contribution in [-0.4, -0.2) is 40.6 Å². The fourth-order valence-electron chi connectivity index (χ4n) is 2.96. The fourth-order valence-corrected chi connectivity index (χ4v) is 3.14. The highest BCUT2D eigenvalue weighted by atomic mass is 35.5. The van der Waals surface area contributed by atoms with Crippen molar-refractivity contribution in [3.63, 3.8) is 0 Å². The number of hydrogen-bond acceptors (Lipinski definition) is 5. The predicted molar refractivity (Wildman–Crippen MR) is 96.8 cm³/mol. The van der Waals surface area contributed by atoms with Crippen LogP contribution in [0.4, 0.5) is 10.1 Å². The molecule has 1 fully saturated rings. The number of halogens is 2. The molecule has 26 heavy (non-hydrogen) atoms. The van der Waals surface area contributed by atoms with Gasteiger partial charge in [-0.25, -0.2) is 4.39 Å². The van der Waals surface area contributed by atoms with Gasteiger partial charge in [0.2, 0.25) is 17.7 Å². The monoisotopic (exact) mass is 380 g/mol. The summed E-state index contributed by atoms with van der Waals surface area (Å²) in [7, 11) is 0. The van der Waals surface area contributed by atoms with Crippen LogP contribution in [0, 0.1) is 5.82 Å². The van der Waals surface area contributed by atoms with Crippen LogP contribution in [0.5, 0.6) is 0 Å². The molecule has 0 bridgehead atoms. The van der Waals surface area contributed by atoms with Gasteiger partial charge in [0.25, 0.3) is 0 Å². The maximum absolute atomic E-state index is 13.2. The molecule has 1 aliphatic rings. The lowest BCUT2D eigenvalue weighted by Gasteiger charge is -2.29. The summed E-state index contributed by atoms with van der Waals surface area (Å²) in [6.07, 6.45) is 1.74. The van der Waals surface area contributed by atoms with Crippen LogP contribution in [0.25, 0.3) is 0 Å². The number of benzene rings is 1. The molecule has 3 rings (SSSR count). The van der Waals surface area contributed by atoms with Gasteiger partial charge in [-0.05, 0) is 44.1 Å². The lowest BCUT2D eigenvalue weighted by Crippen LogP contribution is -2.38. The first kappa shape index (κ1) is 18.8. The third kappa shape index (κ3) is 4.59. The number of carbonyl (C=O) groups excluding carboxylic acids is 1. The Bertz CT molecular complexity index is 772. The van der Waals surface area contributed by atoms with Gasteiger partial charge in [-0.1, -0.05) is 25.4 Å². The third-order valence-electron chi connectivity index (χ3n) is 4.46. The number of amides is 1. The van der Waals surface area contributed by atoms with Crippen molar-refractivity contribution in [2.75, 3.05) is 25.0 Å². The molecule has 0 saturated carbocycles. The zero-order valence-electron chi connectivity index (χ0n) is 14.8. The Labute approximate surface area is 156 Å². The van der Waals surface area contributed by atoms with Crippen molar-refractivity contribution in [1.29, 1.82) is 0 Å². The van der Waals surface area contributed by atoms with Crippen LogP contribution in [0.3, 0.4) is 0 Å². The molecule has 1 aromatic heterocycles. The largest absolute Gasteiger partial charge is 0.425 e. The molecule has 6 nitrogen and oxygen atoms in total. The van der Waals surface area contributed by atoms with Crippen molar-refractivity contribution in [2.45, 2.75) is 38.5 Å². The molecule has 1 aliphatic heterocycles. The molecule has 1 saturated heterocycles. The molecule has 1 aromatic carbocycles. The molecule has 8 heteroatoms. The van der Waals surface area contributed by atoms with Crippen LogP contribution in [0.2, 0.25) is 5.02 Å². The first-order valence-electron chi connectivity index (χ1n) is 8.73. The number of carbonyl (C=O) groups is 1. The average Bonchev–Trinajstić information content (AvgIpc) is 3.09. The van der Waals surface area contributed by atoms with E-state index in [1.165, 1.54) is 18.2 Å². The fraction of sp³-hybridized carbons (Fsp3) is 0.500. The van der Waals surface area contributed by atoms with Gasteiger partial charge >= 0.3 is 0 Å². The normalized spacial score (nSPS) is 16.2. The minimum Gasteiger partial charge on any atom is -0.425 e. The summed E-state index contributed by atoms with van der Waals surface area (Å²) < 4.78 is 18.9. The van der Waals surface area contributed by atoms with Crippen LogP contribution < -0.4 is 5.32 Å². The van der Waals surface area contributed by atoms with E-state index in [0.717, 1.165) is 25.9 Å². The number of nitrogens with one attached hydrogen (secondary N) is 1. The van der Waals surface area contributed by atoms with E-state index in [0.29, 0.717) is 17.5 Å². The van der Waals surface area contributed by atoms with Crippen LogP contribution >= 0.6 is 11.6 Å². The van der Waals surface area contributed by atoms with Crippen LogP contribution in [-0.2, 0) is 4.79 Å². The Morgan fingerprint density at radius 3 is 2.73 bits per heavy atom. The van der Waals surface area contributed by atoms with Gasteiger partial charge in [-0.15, -0.1) is 10.2 Å². The van der Waals surface area contributed by atoms with E-state index >= 15 is 0 Å². The van der Waals surface area contributed by atoms with Gasteiger partial charge in [0, 0.05) is 17.5 Å². The summed E-state index contributed by atoms with van der Waals surface area (Å²) in [5.74, 6) is 1.17. The third-order valence-corrected chi connectivity index (χ3v) is 4.75. The van der Waals surface area contributed by atoms with E-state index in [1.807, 2.05) is 13.8 Å². The van der Waals surface area contributed by atoms with Gasteiger partial charge in [0.1, 0.15) is 5.82 Å². The minimum atomic E-state index is -0.506. The smallest absolute Gasteiger partial charge is 0.238 e. The Kier molecular flexibility index (Phi) is 5.88. The molecule has 1 amide bonds. The second-order valence-electron chi connectivity index (χ2n) is 6.86. The summed E-state index contributed by atoms with van der Waals surface area (Å²) in [4.78, 5) is 14.3. The van der Waals surface area contributed by atoms with E-state index in [-0.39, 0.29) is 29.3 Å². The summed E-state index contributed by atoms with van der Waals surface area (Å²) in [5, 5.41) is 11.0. The molecule has 0 atom stereocenters. The highest BCUT2D eigenvalue weighted by Crippen LogP contribution is 2.28. The Balaban J connectivity index is 1.48. The van der Waals surface area contributed by atoms with Gasteiger partial charge in [0.15, 0.2) is 0 Å². The highest BCUT2D eigenvalue weighted by molar-refractivity contribution is 6.31. The second-order valence-corrected chi connectivity index (χ2v) is 7.27. The van der Waals surface area contributed by atoms with Crippen molar-refractivity contribution in [3.05, 3.63) is 40.8 Å². The molecule has 0 aliphatic carbocycles. The minimum absolute atomic E-state index is 0.0102. The van der Waals surface area contributed by atoms with Crippen molar-refractivity contribution < 1.29 is 13.6 Å². The van der Waals surface area contributed by atoms with Crippen LogP contribution in [0.1, 0.15) is 50.3 Å². The number of hydrogen-bond donors (Lipinski definition) is 1. The number of piperidine rings is 1. The molecule has 1 N–H and O–H groups in total. The lowest BCUT2D eigenvalue weighted by atomic mass is 9.97. The number of nitrogens with zero attached hydrogens (tertiary/aromatic N) is 3. The Morgan fingerprint density at radius 1 is 1.38 bits per heavy atom. The molecule has 0 unspecified atom stereocenters. The van der Waals surface area contributed by atoms with Gasteiger partial charge < -0.3 is 9.73 Å². The van der Waals surface area contributed by atoms with Crippen molar-refractivity contribution in [1.82, 2.24) is 15.1 Å². The molecule has 0 radical (unpaired) electrons. The molecule has 2 aromatic rings. The number of likely N-dealkylation sites (tertiary alicyclic amines) is 1. The quantitative estimate of drug-likeness (QED) is 0.854. The van der Waals surface area contributed by atoms with E-state index in [2.05, 4.69) is 20.4 Å². The molecule has 2 heterocycles. The maximum atomic E-state index is 13.2. The molecule has 140 valence electrons. The zero-order chi connectivity index (χ0) is 18.7. The summed E-state index contributed by atoms with van der Waals surface area (Å²) in [6, 6.07) is 4.13. The standard InChI is InChI=1S/C18H22ClFN4O2/c1-11(2)17-22-23-18(26-17)12-5-7-24(8-6-12)10-16(25)21-13-3-4-15(20)14(19)9-13/h3-4,9,11-12H,5-8,10H2,1-2H3,(H,21,25). The molecule has 0 spiro atoms. The number of rotatable bonds is 5. The summed E-state index contributed by atoms with van der Waals surface area (Å²) in [5.41, 5.74) is 0.489. The van der Waals surface area contributed by atoms with Crippen LogP contribution in [0.15, 0.2) is 22.6 Å². The number of anilines is 1. The summed E-state index contributed by atoms with van der Waals surface area (Å²) >= 11 is 5.73. The maximum Gasteiger partial charge on any atom is 0.238 e. The van der Waals surface area contributed by atoms with E-state index < -0.39 is 5.82 Å². The van der Waals surface area contributed by atoms with Crippen molar-refractivity contribution >= 4 is 23.2 Å². The summed E-state index contributed by atoms with van der Waals surface area (Å²) in [6.45, 7) is 5.88. The Hall–Kier alpha value is -1.99. The predicted octanol–water partition coefficient (Wildman–Crippen LogP) is 3.80. The number of aromatic nitrogens is 2. The van der Waals surface area contributed by atoms with Gasteiger partial charge in [-0.2, -0.15) is 0 Å². The van der Waals surface area contributed by atoms with Gasteiger partial charge in [0.05, 0.1) is 11.6 Å². The van der Waals surface area contributed by atoms with E-state index in [9.17, 15) is 9.18 Å². The first-order valence-corrected chi connectivity index (χ1v) is 9.10. The average molecular weight is 381 g/mol. The van der Waals surface area contributed by atoms with E-state index in [1.54, 1.807) is 0 Å². The molecular weight excluding hydrogens is 359 g/mol. The lowest BCUT2D eigenvalue weighted by molar-refractivity contribution is -0.117. The zero-order valence-corrected chi connectivity index (χ0v) is 15.6. The van der Waals surface area contributed by atoms with Crippen molar-refractivity contribution in [3.8, 4) is 0 Å². The first-order chi connectivity index (χ1) is 12.4. The SMILES string of the molecule is CC(C)c1nnc(C2CCN(CC(=O)Nc3ccc(F)c(Cl)c3)CC2)o1.